The minimum atomic E-state index is -3.25. The summed E-state index contributed by atoms with van der Waals surface area (Å²) < 4.78 is 39.9. The van der Waals surface area contributed by atoms with Crippen LogP contribution in [0.5, 0.6) is 0 Å². The topological polar surface area (TPSA) is 101 Å². The van der Waals surface area contributed by atoms with Gasteiger partial charge in [-0.05, 0) is 48.4 Å². The number of hydrogen-bond donors (Lipinski definition) is 0. The van der Waals surface area contributed by atoms with E-state index >= 15 is 0 Å². The number of thiazole rings is 1. The van der Waals surface area contributed by atoms with Gasteiger partial charge in [0.15, 0.2) is 22.9 Å². The maximum absolute atomic E-state index is 13.3. The standard InChI is InChI=1S/C23H21FN6O3S2/c1-28(23-26-20(14-34-23)15-3-5-17(24)6-4-15)22-19(13-31)25-21-8-7-18(27-30(21)22)16-9-11-29(12-10-16)35(2,32)33/h3-9,13-14H,10-12H2,1-2H3. The van der Waals surface area contributed by atoms with Gasteiger partial charge in [0.1, 0.15) is 11.5 Å². The number of halogens is 1. The first-order chi connectivity index (χ1) is 16.7. The van der Waals surface area contributed by atoms with Crippen LogP contribution in [0.2, 0.25) is 0 Å². The Morgan fingerprint density at radius 3 is 2.54 bits per heavy atom. The fourth-order valence-corrected chi connectivity index (χ4v) is 5.52. The lowest BCUT2D eigenvalue weighted by atomic mass is 10.1. The summed E-state index contributed by atoms with van der Waals surface area (Å²) in [6.45, 7) is 0.668. The van der Waals surface area contributed by atoms with Gasteiger partial charge in [-0.3, -0.25) is 4.79 Å². The first kappa shape index (κ1) is 23.3. The molecule has 0 aliphatic carbocycles. The van der Waals surface area contributed by atoms with E-state index in [2.05, 4.69) is 9.97 Å². The largest absolute Gasteiger partial charge is 0.303 e. The summed E-state index contributed by atoms with van der Waals surface area (Å²) in [7, 11) is -1.47. The van der Waals surface area contributed by atoms with Crippen LogP contribution in [-0.2, 0) is 10.0 Å². The van der Waals surface area contributed by atoms with Gasteiger partial charge in [0, 0.05) is 31.1 Å². The van der Waals surface area contributed by atoms with Gasteiger partial charge in [-0.2, -0.15) is 13.9 Å². The Balaban J connectivity index is 1.51. The highest BCUT2D eigenvalue weighted by Gasteiger charge is 2.23. The number of benzene rings is 1. The number of nitrogens with zero attached hydrogens (tertiary/aromatic N) is 6. The second kappa shape index (κ2) is 8.95. The van der Waals surface area contributed by atoms with Crippen LogP contribution in [0.3, 0.4) is 0 Å². The second-order valence-corrected chi connectivity index (χ2v) is 10.9. The van der Waals surface area contributed by atoms with Gasteiger partial charge >= 0.3 is 0 Å². The number of sulfonamides is 1. The molecule has 0 N–H and O–H groups in total. The molecule has 12 heteroatoms. The van der Waals surface area contributed by atoms with Gasteiger partial charge < -0.3 is 4.90 Å². The maximum atomic E-state index is 13.3. The molecule has 0 bridgehead atoms. The van der Waals surface area contributed by atoms with Gasteiger partial charge in [0.2, 0.25) is 10.0 Å². The Bertz CT molecular complexity index is 1560. The monoisotopic (exact) mass is 512 g/mol. The SMILES string of the molecule is CN(c1nc(-c2ccc(F)cc2)cs1)c1c(C=O)nc2ccc(C3=CCN(S(C)(=O)=O)CC3)nn12. The predicted octanol–water partition coefficient (Wildman–Crippen LogP) is 3.62. The third-order valence-electron chi connectivity index (χ3n) is 5.80. The van der Waals surface area contributed by atoms with Crippen molar-refractivity contribution in [3.63, 3.8) is 0 Å². The van der Waals surface area contributed by atoms with Crippen molar-refractivity contribution in [1.29, 1.82) is 0 Å². The number of aromatic nitrogens is 4. The van der Waals surface area contributed by atoms with E-state index in [0.717, 1.165) is 11.1 Å². The lowest BCUT2D eigenvalue weighted by Gasteiger charge is -2.24. The molecule has 3 aromatic heterocycles. The van der Waals surface area contributed by atoms with Crippen molar-refractivity contribution in [2.75, 3.05) is 31.3 Å². The average molecular weight is 513 g/mol. The Hall–Kier alpha value is -3.48. The minimum absolute atomic E-state index is 0.219. The number of anilines is 2. The fourth-order valence-electron chi connectivity index (χ4n) is 3.95. The molecular weight excluding hydrogens is 491 g/mol. The number of fused-ring (bicyclic) bond motifs is 1. The molecule has 0 saturated carbocycles. The predicted molar refractivity (Wildman–Crippen MR) is 133 cm³/mol. The molecule has 4 aromatic rings. The maximum Gasteiger partial charge on any atom is 0.211 e. The lowest BCUT2D eigenvalue weighted by Crippen LogP contribution is -2.33. The molecule has 1 aliphatic heterocycles. The minimum Gasteiger partial charge on any atom is -0.303 e. The van der Waals surface area contributed by atoms with E-state index in [9.17, 15) is 17.6 Å². The van der Waals surface area contributed by atoms with Gasteiger partial charge in [0.05, 0.1) is 17.6 Å². The fraction of sp³-hybridized carbons (Fsp3) is 0.217. The van der Waals surface area contributed by atoms with E-state index in [1.54, 1.807) is 34.7 Å². The average Bonchev–Trinajstić information content (AvgIpc) is 3.48. The molecule has 0 atom stereocenters. The van der Waals surface area contributed by atoms with E-state index < -0.39 is 10.0 Å². The van der Waals surface area contributed by atoms with E-state index in [1.807, 2.05) is 17.5 Å². The molecule has 35 heavy (non-hydrogen) atoms. The highest BCUT2D eigenvalue weighted by Crippen LogP contribution is 2.33. The van der Waals surface area contributed by atoms with Crippen LogP contribution in [0.4, 0.5) is 15.3 Å². The molecule has 9 nitrogen and oxygen atoms in total. The van der Waals surface area contributed by atoms with Crippen molar-refractivity contribution < 1.29 is 17.6 Å². The smallest absolute Gasteiger partial charge is 0.211 e. The summed E-state index contributed by atoms with van der Waals surface area (Å²) in [5.41, 5.74) is 3.80. The third kappa shape index (κ3) is 4.47. The van der Waals surface area contributed by atoms with Crippen molar-refractivity contribution in [1.82, 2.24) is 23.9 Å². The highest BCUT2D eigenvalue weighted by atomic mass is 32.2. The quantitative estimate of drug-likeness (QED) is 0.364. The number of carbonyl (C=O) groups excluding carboxylic acids is 1. The summed E-state index contributed by atoms with van der Waals surface area (Å²) in [6.07, 6.45) is 4.26. The Morgan fingerprint density at radius 2 is 1.89 bits per heavy atom. The molecule has 0 unspecified atom stereocenters. The van der Waals surface area contributed by atoms with Crippen LogP contribution < -0.4 is 4.90 Å². The van der Waals surface area contributed by atoms with E-state index in [-0.39, 0.29) is 18.1 Å². The Labute approximate surface area is 205 Å². The Kier molecular flexibility index (Phi) is 5.95. The van der Waals surface area contributed by atoms with Gasteiger partial charge in [-0.25, -0.2) is 22.8 Å². The van der Waals surface area contributed by atoms with Crippen LogP contribution in [0, 0.1) is 5.82 Å². The molecule has 0 radical (unpaired) electrons. The summed E-state index contributed by atoms with van der Waals surface area (Å²) in [5, 5.41) is 7.20. The number of carbonyl (C=O) groups is 1. The number of hydrogen-bond acceptors (Lipinski definition) is 8. The molecule has 5 rings (SSSR count). The van der Waals surface area contributed by atoms with Crippen molar-refractivity contribution in [3.8, 4) is 11.3 Å². The van der Waals surface area contributed by atoms with Gasteiger partial charge in [-0.1, -0.05) is 6.08 Å². The van der Waals surface area contributed by atoms with E-state index in [0.29, 0.717) is 47.2 Å². The molecule has 0 fully saturated rings. The van der Waals surface area contributed by atoms with Crippen LogP contribution in [0.15, 0.2) is 47.9 Å². The lowest BCUT2D eigenvalue weighted by molar-refractivity contribution is 0.112. The molecule has 1 aromatic carbocycles. The normalized spacial score (nSPS) is 14.8. The third-order valence-corrected chi connectivity index (χ3v) is 7.98. The first-order valence-electron chi connectivity index (χ1n) is 10.7. The zero-order valence-corrected chi connectivity index (χ0v) is 20.6. The molecule has 1 aliphatic rings. The molecule has 180 valence electrons. The van der Waals surface area contributed by atoms with Crippen molar-refractivity contribution >= 4 is 49.8 Å². The number of rotatable bonds is 6. The van der Waals surface area contributed by atoms with Crippen LogP contribution >= 0.6 is 11.3 Å². The van der Waals surface area contributed by atoms with Crippen molar-refractivity contribution in [2.45, 2.75) is 6.42 Å². The van der Waals surface area contributed by atoms with Crippen molar-refractivity contribution in [3.05, 3.63) is 65.1 Å². The summed E-state index contributed by atoms with van der Waals surface area (Å²) >= 11 is 1.38. The highest BCUT2D eigenvalue weighted by molar-refractivity contribution is 7.88. The zero-order chi connectivity index (χ0) is 24.7. The van der Waals surface area contributed by atoms with Crippen molar-refractivity contribution in [2.24, 2.45) is 0 Å². The van der Waals surface area contributed by atoms with E-state index in [1.165, 1.54) is 34.0 Å². The number of aldehydes is 1. The molecule has 0 amide bonds. The van der Waals surface area contributed by atoms with Crippen LogP contribution in [0.1, 0.15) is 22.6 Å². The van der Waals surface area contributed by atoms with Gasteiger partial charge in [0.25, 0.3) is 0 Å². The summed E-state index contributed by atoms with van der Waals surface area (Å²) in [5.74, 6) is 0.146. The van der Waals surface area contributed by atoms with Crippen LogP contribution in [-0.4, -0.2) is 65.0 Å². The molecule has 4 heterocycles. The molecule has 0 saturated heterocycles. The van der Waals surface area contributed by atoms with Crippen LogP contribution in [0.25, 0.3) is 22.5 Å². The molecular formula is C23H21FN6O3S2. The summed E-state index contributed by atoms with van der Waals surface area (Å²) in [6, 6.07) is 9.69. The Morgan fingerprint density at radius 1 is 1.11 bits per heavy atom. The number of imidazole rings is 1. The van der Waals surface area contributed by atoms with Gasteiger partial charge in [-0.15, -0.1) is 11.3 Å². The first-order valence-corrected chi connectivity index (χ1v) is 13.4. The second-order valence-electron chi connectivity index (χ2n) is 8.11. The zero-order valence-electron chi connectivity index (χ0n) is 18.9. The summed E-state index contributed by atoms with van der Waals surface area (Å²) in [4.78, 5) is 22.7. The molecule has 0 spiro atoms. The van der Waals surface area contributed by atoms with E-state index in [4.69, 9.17) is 5.10 Å².